The van der Waals surface area contributed by atoms with E-state index < -0.39 is 0 Å². The molecule has 1 N–H and O–H groups in total. The molecule has 0 aromatic heterocycles. The second-order valence-electron chi connectivity index (χ2n) is 4.72. The average molecular weight is 250 g/mol. The zero-order chi connectivity index (χ0) is 13.7. The fourth-order valence-electron chi connectivity index (χ4n) is 2.09. The van der Waals surface area contributed by atoms with Crippen LogP contribution in [0.2, 0.25) is 0 Å². The van der Waals surface area contributed by atoms with Gasteiger partial charge in [-0.3, -0.25) is 4.79 Å². The molecule has 0 aliphatic rings. The van der Waals surface area contributed by atoms with Gasteiger partial charge in [-0.2, -0.15) is 0 Å². The van der Waals surface area contributed by atoms with E-state index in [4.69, 9.17) is 0 Å². The number of hydrogen-bond acceptors (Lipinski definition) is 3. The van der Waals surface area contributed by atoms with Crippen LogP contribution in [0.15, 0.2) is 24.3 Å². The molecule has 1 aromatic carbocycles. The SMILES string of the molecule is CCN(C(=O)c1ccccc1O)C(C)CN(C)C. The monoisotopic (exact) mass is 250 g/mol. The van der Waals surface area contributed by atoms with Crippen LogP contribution in [-0.4, -0.2) is 54.0 Å². The number of aromatic hydroxyl groups is 1. The second-order valence-corrected chi connectivity index (χ2v) is 4.72. The number of hydrogen-bond donors (Lipinski definition) is 1. The minimum absolute atomic E-state index is 0.0398. The third kappa shape index (κ3) is 3.47. The van der Waals surface area contributed by atoms with Gasteiger partial charge in [0.15, 0.2) is 0 Å². The van der Waals surface area contributed by atoms with Crippen molar-refractivity contribution < 1.29 is 9.90 Å². The molecule has 1 amide bonds. The lowest BCUT2D eigenvalue weighted by Gasteiger charge is -2.30. The van der Waals surface area contributed by atoms with Crippen molar-refractivity contribution in [1.29, 1.82) is 0 Å². The molecule has 0 radical (unpaired) electrons. The van der Waals surface area contributed by atoms with Crippen molar-refractivity contribution in [3.63, 3.8) is 0 Å². The molecular weight excluding hydrogens is 228 g/mol. The summed E-state index contributed by atoms with van der Waals surface area (Å²) in [6, 6.07) is 6.78. The highest BCUT2D eigenvalue weighted by atomic mass is 16.3. The van der Waals surface area contributed by atoms with Gasteiger partial charge in [0.1, 0.15) is 5.75 Å². The van der Waals surface area contributed by atoms with Crippen molar-refractivity contribution in [3.8, 4) is 5.75 Å². The molecule has 0 saturated carbocycles. The maximum absolute atomic E-state index is 12.4. The topological polar surface area (TPSA) is 43.8 Å². The van der Waals surface area contributed by atoms with Gasteiger partial charge in [0.05, 0.1) is 5.56 Å². The number of benzene rings is 1. The minimum Gasteiger partial charge on any atom is -0.507 e. The molecule has 1 atom stereocenters. The second kappa shape index (κ2) is 6.40. The van der Waals surface area contributed by atoms with Crippen LogP contribution in [0.4, 0.5) is 0 Å². The summed E-state index contributed by atoms with van der Waals surface area (Å²) in [5, 5.41) is 9.73. The Morgan fingerprint density at radius 3 is 2.44 bits per heavy atom. The first-order chi connectivity index (χ1) is 8.47. The third-order valence-electron chi connectivity index (χ3n) is 2.90. The number of amides is 1. The summed E-state index contributed by atoms with van der Waals surface area (Å²) in [5.41, 5.74) is 0.366. The number of carbonyl (C=O) groups excluding carboxylic acids is 1. The normalized spacial score (nSPS) is 12.5. The fraction of sp³-hybridized carbons (Fsp3) is 0.500. The van der Waals surface area contributed by atoms with Crippen LogP contribution in [0, 0.1) is 0 Å². The maximum Gasteiger partial charge on any atom is 0.257 e. The van der Waals surface area contributed by atoms with E-state index in [0.29, 0.717) is 12.1 Å². The van der Waals surface area contributed by atoms with Gasteiger partial charge >= 0.3 is 0 Å². The van der Waals surface area contributed by atoms with Gasteiger partial charge in [0.2, 0.25) is 0 Å². The van der Waals surface area contributed by atoms with Gasteiger partial charge in [-0.05, 0) is 40.1 Å². The van der Waals surface area contributed by atoms with E-state index in [1.807, 2.05) is 32.8 Å². The van der Waals surface area contributed by atoms with E-state index in [1.165, 1.54) is 6.07 Å². The fourth-order valence-corrected chi connectivity index (χ4v) is 2.09. The summed E-state index contributed by atoms with van der Waals surface area (Å²) >= 11 is 0. The maximum atomic E-state index is 12.4. The van der Waals surface area contributed by atoms with Gasteiger partial charge in [0.25, 0.3) is 5.91 Å². The van der Waals surface area contributed by atoms with E-state index in [2.05, 4.69) is 0 Å². The highest BCUT2D eigenvalue weighted by Crippen LogP contribution is 2.19. The molecule has 0 saturated heterocycles. The van der Waals surface area contributed by atoms with Crippen LogP contribution in [-0.2, 0) is 0 Å². The first kappa shape index (κ1) is 14.5. The summed E-state index contributed by atoms with van der Waals surface area (Å²) in [6.45, 7) is 5.39. The molecule has 18 heavy (non-hydrogen) atoms. The molecule has 0 aliphatic heterocycles. The molecule has 4 nitrogen and oxygen atoms in total. The van der Waals surface area contributed by atoms with Crippen LogP contribution < -0.4 is 0 Å². The third-order valence-corrected chi connectivity index (χ3v) is 2.90. The number of phenolic OH excluding ortho intramolecular Hbond substituents is 1. The predicted molar refractivity (Wildman–Crippen MR) is 72.8 cm³/mol. The Morgan fingerprint density at radius 2 is 1.94 bits per heavy atom. The molecule has 0 heterocycles. The van der Waals surface area contributed by atoms with Crippen LogP contribution in [0.3, 0.4) is 0 Å². The van der Waals surface area contributed by atoms with Gasteiger partial charge in [-0.1, -0.05) is 12.1 Å². The molecule has 0 bridgehead atoms. The van der Waals surface area contributed by atoms with E-state index in [1.54, 1.807) is 23.1 Å². The summed E-state index contributed by atoms with van der Waals surface area (Å²) in [4.78, 5) is 16.2. The Kier molecular flexibility index (Phi) is 5.16. The van der Waals surface area contributed by atoms with Crippen molar-refractivity contribution in [1.82, 2.24) is 9.80 Å². The van der Waals surface area contributed by atoms with Crippen molar-refractivity contribution in [2.75, 3.05) is 27.2 Å². The van der Waals surface area contributed by atoms with Gasteiger partial charge in [-0.15, -0.1) is 0 Å². The predicted octanol–water partition coefficient (Wildman–Crippen LogP) is 1.80. The van der Waals surface area contributed by atoms with E-state index >= 15 is 0 Å². The van der Waals surface area contributed by atoms with E-state index in [9.17, 15) is 9.90 Å². The van der Waals surface area contributed by atoms with Crippen molar-refractivity contribution in [2.24, 2.45) is 0 Å². The smallest absolute Gasteiger partial charge is 0.257 e. The van der Waals surface area contributed by atoms with Crippen molar-refractivity contribution >= 4 is 5.91 Å². The largest absolute Gasteiger partial charge is 0.507 e. The number of carbonyl (C=O) groups is 1. The first-order valence-electron chi connectivity index (χ1n) is 6.21. The number of likely N-dealkylation sites (N-methyl/N-ethyl adjacent to an activating group) is 2. The van der Waals surface area contributed by atoms with Gasteiger partial charge in [0, 0.05) is 19.1 Å². The van der Waals surface area contributed by atoms with Crippen LogP contribution in [0.5, 0.6) is 5.75 Å². The number of para-hydroxylation sites is 1. The lowest BCUT2D eigenvalue weighted by molar-refractivity contribution is 0.0676. The average Bonchev–Trinajstić information content (AvgIpc) is 2.29. The van der Waals surface area contributed by atoms with Crippen LogP contribution in [0.1, 0.15) is 24.2 Å². The Hall–Kier alpha value is -1.55. The van der Waals surface area contributed by atoms with Gasteiger partial charge in [-0.25, -0.2) is 0 Å². The summed E-state index contributed by atoms with van der Waals surface area (Å²) < 4.78 is 0. The standard InChI is InChI=1S/C14H22N2O2/c1-5-16(11(2)10-15(3)4)14(18)12-8-6-7-9-13(12)17/h6-9,11,17H,5,10H2,1-4H3. The molecular formula is C14H22N2O2. The molecule has 0 spiro atoms. The Morgan fingerprint density at radius 1 is 1.33 bits per heavy atom. The summed E-state index contributed by atoms with van der Waals surface area (Å²) in [5.74, 6) is -0.0806. The molecule has 1 aromatic rings. The molecule has 4 heteroatoms. The van der Waals surface area contributed by atoms with Crippen molar-refractivity contribution in [2.45, 2.75) is 19.9 Å². The van der Waals surface area contributed by atoms with E-state index in [-0.39, 0.29) is 17.7 Å². The zero-order valence-corrected chi connectivity index (χ0v) is 11.6. The van der Waals surface area contributed by atoms with E-state index in [0.717, 1.165) is 6.54 Å². The number of phenols is 1. The van der Waals surface area contributed by atoms with Crippen LogP contribution in [0.25, 0.3) is 0 Å². The quantitative estimate of drug-likeness (QED) is 0.866. The number of rotatable bonds is 5. The lowest BCUT2D eigenvalue weighted by Crippen LogP contribution is -2.43. The zero-order valence-electron chi connectivity index (χ0n) is 11.6. The number of nitrogens with zero attached hydrogens (tertiary/aromatic N) is 2. The van der Waals surface area contributed by atoms with Crippen LogP contribution >= 0.6 is 0 Å². The summed E-state index contributed by atoms with van der Waals surface area (Å²) in [6.07, 6.45) is 0. The highest BCUT2D eigenvalue weighted by Gasteiger charge is 2.22. The van der Waals surface area contributed by atoms with Crippen molar-refractivity contribution in [3.05, 3.63) is 29.8 Å². The lowest BCUT2D eigenvalue weighted by atomic mass is 10.1. The summed E-state index contributed by atoms with van der Waals surface area (Å²) in [7, 11) is 3.96. The Bertz CT molecular complexity index is 405. The minimum atomic E-state index is -0.120. The first-order valence-corrected chi connectivity index (χ1v) is 6.21. The molecule has 1 rings (SSSR count). The molecule has 0 fully saturated rings. The Labute approximate surface area is 109 Å². The van der Waals surface area contributed by atoms with Gasteiger partial charge < -0.3 is 14.9 Å². The molecule has 100 valence electrons. The highest BCUT2D eigenvalue weighted by molar-refractivity contribution is 5.96. The Balaban J connectivity index is 2.89. The molecule has 1 unspecified atom stereocenters. The molecule has 0 aliphatic carbocycles.